The normalized spacial score (nSPS) is 11.1. The quantitative estimate of drug-likeness (QED) is 0.351. The molecule has 0 atom stereocenters. The number of esters is 1. The van der Waals surface area contributed by atoms with Gasteiger partial charge in [-0.2, -0.15) is 0 Å². The van der Waals surface area contributed by atoms with Crippen molar-refractivity contribution in [2.75, 3.05) is 7.11 Å². The average Bonchev–Trinajstić information content (AvgIpc) is 3.38. The lowest BCUT2D eigenvalue weighted by Gasteiger charge is -2.06. The number of hydrogen-bond donors (Lipinski definition) is 0. The third-order valence-electron chi connectivity index (χ3n) is 5.71. The highest BCUT2D eigenvalue weighted by Crippen LogP contribution is 2.34. The van der Waals surface area contributed by atoms with Gasteiger partial charge in [-0.05, 0) is 49.7 Å². The fourth-order valence-corrected chi connectivity index (χ4v) is 4.11. The lowest BCUT2D eigenvalue weighted by Crippen LogP contribution is -2.00. The lowest BCUT2D eigenvalue weighted by atomic mass is 10.0. The monoisotopic (exact) mass is 438 g/mol. The number of pyridine rings is 2. The maximum atomic E-state index is 11.8. The van der Waals surface area contributed by atoms with Crippen LogP contribution in [0.3, 0.4) is 0 Å². The maximum Gasteiger partial charge on any atom is 0.337 e. The van der Waals surface area contributed by atoms with Gasteiger partial charge in [-0.1, -0.05) is 23.4 Å². The number of aromatic nitrogens is 4. The number of carbonyl (C=O) groups excluding carboxylic acids is 1. The summed E-state index contributed by atoms with van der Waals surface area (Å²) in [5, 5.41) is 4.09. The number of rotatable bonds is 5. The van der Waals surface area contributed by atoms with E-state index < -0.39 is 0 Å². The van der Waals surface area contributed by atoms with Crippen molar-refractivity contribution >= 4 is 17.0 Å². The highest BCUT2D eigenvalue weighted by Gasteiger charge is 2.17. The molecule has 4 heterocycles. The predicted molar refractivity (Wildman–Crippen MR) is 125 cm³/mol. The SMILES string of the molecule is COC(=O)c1ccc(-c2cn(Cc3ccccn3)c3cc(-c4c(C)noc4C)cnc23)cc1. The maximum absolute atomic E-state index is 11.8. The average molecular weight is 438 g/mol. The minimum atomic E-state index is -0.360. The zero-order chi connectivity index (χ0) is 22.9. The van der Waals surface area contributed by atoms with Crippen LogP contribution in [0.15, 0.2) is 71.6 Å². The second-order valence-corrected chi connectivity index (χ2v) is 7.85. The largest absolute Gasteiger partial charge is 0.465 e. The van der Waals surface area contributed by atoms with Crippen molar-refractivity contribution in [1.82, 2.24) is 19.7 Å². The zero-order valence-corrected chi connectivity index (χ0v) is 18.6. The van der Waals surface area contributed by atoms with Crippen molar-refractivity contribution in [1.29, 1.82) is 0 Å². The van der Waals surface area contributed by atoms with Gasteiger partial charge in [0, 0.05) is 35.3 Å². The standard InChI is InChI=1S/C26H22N4O3/c1-16-24(17(2)33-29-16)20-12-23-25(28-13-20)22(15-30(23)14-21-6-4-5-11-27-21)18-7-9-19(10-8-18)26(31)32-3/h4-13,15H,14H2,1-3H3. The van der Waals surface area contributed by atoms with E-state index >= 15 is 0 Å². The Kier molecular flexibility index (Phi) is 5.22. The molecule has 0 fully saturated rings. The molecule has 0 spiro atoms. The van der Waals surface area contributed by atoms with Crippen LogP contribution in [0.1, 0.15) is 27.5 Å². The third-order valence-corrected chi connectivity index (χ3v) is 5.71. The van der Waals surface area contributed by atoms with E-state index in [0.29, 0.717) is 12.1 Å². The first-order valence-electron chi connectivity index (χ1n) is 10.6. The summed E-state index contributed by atoms with van der Waals surface area (Å²) in [6.45, 7) is 4.43. The van der Waals surface area contributed by atoms with Crippen LogP contribution >= 0.6 is 0 Å². The molecule has 0 bridgehead atoms. The van der Waals surface area contributed by atoms with Gasteiger partial charge in [-0.25, -0.2) is 4.79 Å². The molecule has 5 aromatic rings. The Hall–Kier alpha value is -4.26. The summed E-state index contributed by atoms with van der Waals surface area (Å²) in [6.07, 6.45) is 5.73. The number of hydrogen-bond acceptors (Lipinski definition) is 6. The van der Waals surface area contributed by atoms with E-state index in [2.05, 4.69) is 27.0 Å². The summed E-state index contributed by atoms with van der Waals surface area (Å²) >= 11 is 0. The van der Waals surface area contributed by atoms with Crippen molar-refractivity contribution in [3.8, 4) is 22.3 Å². The van der Waals surface area contributed by atoms with E-state index in [9.17, 15) is 4.79 Å². The number of ether oxygens (including phenoxy) is 1. The van der Waals surface area contributed by atoms with Gasteiger partial charge in [-0.15, -0.1) is 0 Å². The molecule has 0 aliphatic carbocycles. The first-order chi connectivity index (χ1) is 16.0. The van der Waals surface area contributed by atoms with E-state index in [0.717, 1.165) is 50.4 Å². The zero-order valence-electron chi connectivity index (χ0n) is 18.6. The highest BCUT2D eigenvalue weighted by molar-refractivity contribution is 5.96. The van der Waals surface area contributed by atoms with E-state index in [-0.39, 0.29) is 5.97 Å². The van der Waals surface area contributed by atoms with Gasteiger partial charge in [0.15, 0.2) is 0 Å². The molecule has 0 aliphatic rings. The van der Waals surface area contributed by atoms with Gasteiger partial charge in [0.2, 0.25) is 0 Å². The third kappa shape index (κ3) is 3.78. The predicted octanol–water partition coefficient (Wildman–Crippen LogP) is 5.21. The Labute approximate surface area is 190 Å². The van der Waals surface area contributed by atoms with Crippen molar-refractivity contribution in [3.63, 3.8) is 0 Å². The number of aryl methyl sites for hydroxylation is 2. The molecular weight excluding hydrogens is 416 g/mol. The van der Waals surface area contributed by atoms with Crippen LogP contribution in [0.25, 0.3) is 33.3 Å². The molecule has 7 nitrogen and oxygen atoms in total. The number of fused-ring (bicyclic) bond motifs is 1. The molecule has 0 radical (unpaired) electrons. The molecule has 0 N–H and O–H groups in total. The van der Waals surface area contributed by atoms with Crippen LogP contribution in [0, 0.1) is 13.8 Å². The molecule has 164 valence electrons. The highest BCUT2D eigenvalue weighted by atomic mass is 16.5. The Bertz CT molecular complexity index is 1430. The summed E-state index contributed by atoms with van der Waals surface area (Å²) in [5.74, 6) is 0.400. The fourth-order valence-electron chi connectivity index (χ4n) is 4.11. The van der Waals surface area contributed by atoms with Crippen molar-refractivity contribution in [2.24, 2.45) is 0 Å². The van der Waals surface area contributed by atoms with Crippen LogP contribution in [-0.4, -0.2) is 32.8 Å². The van der Waals surface area contributed by atoms with Crippen LogP contribution in [0.2, 0.25) is 0 Å². The first kappa shape index (κ1) is 20.6. The van der Waals surface area contributed by atoms with Crippen LogP contribution in [-0.2, 0) is 11.3 Å². The Morgan fingerprint density at radius 3 is 2.55 bits per heavy atom. The number of nitrogens with zero attached hydrogens (tertiary/aromatic N) is 4. The molecule has 5 rings (SSSR count). The van der Waals surface area contributed by atoms with Gasteiger partial charge >= 0.3 is 5.97 Å². The van der Waals surface area contributed by atoms with Crippen LogP contribution in [0.5, 0.6) is 0 Å². The molecule has 7 heteroatoms. The molecule has 33 heavy (non-hydrogen) atoms. The molecule has 0 saturated carbocycles. The second-order valence-electron chi connectivity index (χ2n) is 7.85. The Balaban J connectivity index is 1.66. The summed E-state index contributed by atoms with van der Waals surface area (Å²) in [6, 6.07) is 15.4. The summed E-state index contributed by atoms with van der Waals surface area (Å²) in [5.41, 5.74) is 7.97. The van der Waals surface area contributed by atoms with E-state index in [1.165, 1.54) is 7.11 Å². The van der Waals surface area contributed by atoms with Crippen LogP contribution < -0.4 is 0 Å². The summed E-state index contributed by atoms with van der Waals surface area (Å²) in [7, 11) is 1.38. The van der Waals surface area contributed by atoms with E-state index in [1.54, 1.807) is 18.3 Å². The van der Waals surface area contributed by atoms with Crippen molar-refractivity contribution in [3.05, 3.63) is 89.8 Å². The van der Waals surface area contributed by atoms with Gasteiger partial charge in [0.1, 0.15) is 5.76 Å². The molecule has 4 aromatic heterocycles. The number of benzene rings is 1. The smallest absolute Gasteiger partial charge is 0.337 e. The van der Waals surface area contributed by atoms with Crippen molar-refractivity contribution < 1.29 is 14.1 Å². The van der Waals surface area contributed by atoms with Gasteiger partial charge in [0.25, 0.3) is 0 Å². The summed E-state index contributed by atoms with van der Waals surface area (Å²) in [4.78, 5) is 21.1. The summed E-state index contributed by atoms with van der Waals surface area (Å²) < 4.78 is 12.3. The Morgan fingerprint density at radius 1 is 1.06 bits per heavy atom. The van der Waals surface area contributed by atoms with Gasteiger partial charge in [-0.3, -0.25) is 9.97 Å². The molecule has 0 amide bonds. The number of methoxy groups -OCH3 is 1. The topological polar surface area (TPSA) is 83.0 Å². The minimum Gasteiger partial charge on any atom is -0.465 e. The molecular formula is C26H22N4O3. The van der Waals surface area contributed by atoms with E-state index in [1.807, 2.05) is 50.4 Å². The van der Waals surface area contributed by atoms with E-state index in [4.69, 9.17) is 14.2 Å². The first-order valence-corrected chi connectivity index (χ1v) is 10.6. The molecule has 1 aromatic carbocycles. The second kappa shape index (κ2) is 8.35. The number of carbonyl (C=O) groups is 1. The fraction of sp³-hybridized carbons (Fsp3) is 0.154. The molecule has 0 unspecified atom stereocenters. The molecule has 0 aliphatic heterocycles. The van der Waals surface area contributed by atoms with Gasteiger partial charge in [0.05, 0.1) is 41.6 Å². The Morgan fingerprint density at radius 2 is 1.88 bits per heavy atom. The molecule has 0 saturated heterocycles. The van der Waals surface area contributed by atoms with Crippen molar-refractivity contribution in [2.45, 2.75) is 20.4 Å². The van der Waals surface area contributed by atoms with Crippen LogP contribution in [0.4, 0.5) is 0 Å². The van der Waals surface area contributed by atoms with Gasteiger partial charge < -0.3 is 13.8 Å². The minimum absolute atomic E-state index is 0.360. The lowest BCUT2D eigenvalue weighted by molar-refractivity contribution is 0.0600.